The van der Waals surface area contributed by atoms with E-state index in [1.54, 1.807) is 26.2 Å². The molecule has 1 atom stereocenters. The lowest BCUT2D eigenvalue weighted by molar-refractivity contribution is -0.134. The number of methoxy groups -OCH3 is 2. The predicted molar refractivity (Wildman–Crippen MR) is 93.9 cm³/mol. The summed E-state index contributed by atoms with van der Waals surface area (Å²) < 4.78 is 10.7. The second-order valence-electron chi connectivity index (χ2n) is 6.93. The first-order valence-corrected chi connectivity index (χ1v) is 8.80. The zero-order chi connectivity index (χ0) is 18.0. The molecule has 136 valence electrons. The van der Waals surface area contributed by atoms with Crippen LogP contribution in [-0.2, 0) is 15.0 Å². The largest absolute Gasteiger partial charge is 0.493 e. The van der Waals surface area contributed by atoms with E-state index in [9.17, 15) is 9.59 Å². The molecular weight excluding hydrogens is 320 g/mol. The van der Waals surface area contributed by atoms with Crippen LogP contribution in [0.25, 0.3) is 0 Å². The van der Waals surface area contributed by atoms with Gasteiger partial charge in [-0.05, 0) is 37.0 Å². The molecule has 2 aliphatic rings. The van der Waals surface area contributed by atoms with Gasteiger partial charge in [-0.1, -0.05) is 18.9 Å². The van der Waals surface area contributed by atoms with Gasteiger partial charge in [-0.15, -0.1) is 0 Å². The summed E-state index contributed by atoms with van der Waals surface area (Å²) in [6.07, 6.45) is 4.24. The van der Waals surface area contributed by atoms with Crippen molar-refractivity contribution in [3.63, 3.8) is 0 Å². The number of benzene rings is 1. The number of carbonyl (C=O) groups is 2. The summed E-state index contributed by atoms with van der Waals surface area (Å²) in [5.74, 6) is 1.21. The molecule has 1 N–H and O–H groups in total. The summed E-state index contributed by atoms with van der Waals surface area (Å²) in [7, 11) is 4.96. The Bertz CT molecular complexity index is 667. The lowest BCUT2D eigenvalue weighted by Gasteiger charge is -2.30. The Hall–Kier alpha value is -2.24. The highest BCUT2D eigenvalue weighted by atomic mass is 16.5. The van der Waals surface area contributed by atoms with E-state index < -0.39 is 11.5 Å². The Morgan fingerprint density at radius 1 is 1.20 bits per heavy atom. The van der Waals surface area contributed by atoms with Crippen LogP contribution in [0.1, 0.15) is 37.7 Å². The van der Waals surface area contributed by atoms with Crippen molar-refractivity contribution in [3.05, 3.63) is 23.8 Å². The molecule has 1 saturated heterocycles. The molecule has 0 bridgehead atoms. The highest BCUT2D eigenvalue weighted by molar-refractivity contribution is 5.94. The van der Waals surface area contributed by atoms with E-state index in [4.69, 9.17) is 9.47 Å². The fourth-order valence-corrected chi connectivity index (χ4v) is 4.01. The molecule has 1 aliphatic heterocycles. The summed E-state index contributed by atoms with van der Waals surface area (Å²) >= 11 is 0. The van der Waals surface area contributed by atoms with Gasteiger partial charge in [-0.2, -0.15) is 0 Å². The van der Waals surface area contributed by atoms with Gasteiger partial charge in [0.2, 0.25) is 11.8 Å². The van der Waals surface area contributed by atoms with Crippen LogP contribution in [0.3, 0.4) is 0 Å². The number of nitrogens with one attached hydrogen (secondary N) is 1. The van der Waals surface area contributed by atoms with E-state index in [0.29, 0.717) is 24.5 Å². The second-order valence-corrected chi connectivity index (χ2v) is 6.93. The van der Waals surface area contributed by atoms with Crippen LogP contribution >= 0.6 is 0 Å². The monoisotopic (exact) mass is 346 g/mol. The molecule has 0 spiro atoms. The van der Waals surface area contributed by atoms with Crippen LogP contribution in [-0.4, -0.2) is 50.6 Å². The first-order valence-electron chi connectivity index (χ1n) is 8.80. The van der Waals surface area contributed by atoms with Crippen molar-refractivity contribution in [2.24, 2.45) is 0 Å². The van der Waals surface area contributed by atoms with E-state index in [1.807, 2.05) is 18.2 Å². The van der Waals surface area contributed by atoms with Crippen molar-refractivity contribution < 1.29 is 19.1 Å². The van der Waals surface area contributed by atoms with Gasteiger partial charge < -0.3 is 19.7 Å². The number of likely N-dealkylation sites (N-methyl/N-ethyl adjacent to an activating group) is 1. The third-order valence-corrected chi connectivity index (χ3v) is 5.56. The fraction of sp³-hybridized carbons (Fsp3) is 0.579. The summed E-state index contributed by atoms with van der Waals surface area (Å²) in [6, 6.07) is 5.27. The molecule has 0 radical (unpaired) electrons. The number of carbonyl (C=O) groups excluding carboxylic acids is 2. The summed E-state index contributed by atoms with van der Waals surface area (Å²) in [5.41, 5.74) is 0.333. The molecule has 3 rings (SSSR count). The van der Waals surface area contributed by atoms with Crippen LogP contribution in [0.5, 0.6) is 11.5 Å². The van der Waals surface area contributed by atoms with Crippen LogP contribution in [0.4, 0.5) is 0 Å². The van der Waals surface area contributed by atoms with Gasteiger partial charge in [-0.3, -0.25) is 9.59 Å². The maximum Gasteiger partial charge on any atom is 0.244 e. The van der Waals surface area contributed by atoms with Gasteiger partial charge in [-0.25, -0.2) is 0 Å². The first kappa shape index (κ1) is 17.6. The van der Waals surface area contributed by atoms with Crippen molar-refractivity contribution in [3.8, 4) is 11.5 Å². The van der Waals surface area contributed by atoms with Crippen molar-refractivity contribution >= 4 is 11.8 Å². The third-order valence-electron chi connectivity index (χ3n) is 5.56. The van der Waals surface area contributed by atoms with Crippen LogP contribution in [0.15, 0.2) is 18.2 Å². The molecule has 1 aliphatic carbocycles. The summed E-state index contributed by atoms with van der Waals surface area (Å²) in [4.78, 5) is 27.0. The fourth-order valence-electron chi connectivity index (χ4n) is 4.01. The topological polar surface area (TPSA) is 67.9 Å². The van der Waals surface area contributed by atoms with Gasteiger partial charge in [0.25, 0.3) is 0 Å². The molecule has 0 aromatic heterocycles. The number of likely N-dealkylation sites (tertiary alicyclic amines) is 1. The van der Waals surface area contributed by atoms with E-state index >= 15 is 0 Å². The minimum absolute atomic E-state index is 0.00573. The van der Waals surface area contributed by atoms with Crippen LogP contribution in [0, 0.1) is 0 Å². The molecule has 0 unspecified atom stereocenters. The van der Waals surface area contributed by atoms with Crippen molar-refractivity contribution in [1.29, 1.82) is 0 Å². The van der Waals surface area contributed by atoms with Crippen molar-refractivity contribution in [2.75, 3.05) is 27.8 Å². The Balaban J connectivity index is 1.89. The standard InChI is InChI=1S/C19H26N2O4/c1-21-11-8-14(17(21)22)20-18(23)19(9-4-5-10-19)13-6-7-15(24-2)16(12-13)25-3/h6-7,12,14H,4-5,8-11H2,1-3H3,(H,20,23)/t14-/m1/s1. The maximum absolute atomic E-state index is 13.2. The molecule has 1 saturated carbocycles. The zero-order valence-corrected chi connectivity index (χ0v) is 15.1. The van der Waals surface area contributed by atoms with E-state index in [2.05, 4.69) is 5.32 Å². The van der Waals surface area contributed by atoms with Gasteiger partial charge in [0.15, 0.2) is 11.5 Å². The molecule has 1 aromatic carbocycles. The molecule has 25 heavy (non-hydrogen) atoms. The van der Waals surface area contributed by atoms with Gasteiger partial charge in [0.1, 0.15) is 6.04 Å². The number of hydrogen-bond donors (Lipinski definition) is 1. The quantitative estimate of drug-likeness (QED) is 0.884. The number of ether oxygens (including phenoxy) is 2. The minimum Gasteiger partial charge on any atom is -0.493 e. The number of rotatable bonds is 5. The van der Waals surface area contributed by atoms with E-state index in [1.165, 1.54) is 0 Å². The molecule has 1 aromatic rings. The van der Waals surface area contributed by atoms with Crippen LogP contribution in [0.2, 0.25) is 0 Å². The average molecular weight is 346 g/mol. The highest BCUT2D eigenvalue weighted by Crippen LogP contribution is 2.44. The van der Waals surface area contributed by atoms with Gasteiger partial charge in [0, 0.05) is 13.6 Å². The molecule has 2 fully saturated rings. The SMILES string of the molecule is COc1ccc(C2(C(=O)N[C@@H]3CCN(C)C3=O)CCCC2)cc1OC. The Kier molecular flexibility index (Phi) is 4.88. The highest BCUT2D eigenvalue weighted by Gasteiger charge is 2.45. The zero-order valence-electron chi connectivity index (χ0n) is 15.1. The maximum atomic E-state index is 13.2. The summed E-state index contributed by atoms with van der Waals surface area (Å²) in [6.45, 7) is 0.688. The first-order chi connectivity index (χ1) is 12.0. The molecule has 6 nitrogen and oxygen atoms in total. The normalized spacial score (nSPS) is 22.1. The van der Waals surface area contributed by atoms with Crippen molar-refractivity contribution in [2.45, 2.75) is 43.6 Å². The molecular formula is C19H26N2O4. The minimum atomic E-state index is -0.596. The van der Waals surface area contributed by atoms with Gasteiger partial charge >= 0.3 is 0 Å². The number of hydrogen-bond acceptors (Lipinski definition) is 4. The number of amides is 2. The van der Waals surface area contributed by atoms with E-state index in [0.717, 1.165) is 31.2 Å². The molecule has 1 heterocycles. The lowest BCUT2D eigenvalue weighted by atomic mass is 9.77. The third kappa shape index (κ3) is 3.05. The van der Waals surface area contributed by atoms with E-state index in [-0.39, 0.29) is 11.8 Å². The Morgan fingerprint density at radius 2 is 1.88 bits per heavy atom. The van der Waals surface area contributed by atoms with Gasteiger partial charge in [0.05, 0.1) is 19.6 Å². The average Bonchev–Trinajstić information content (AvgIpc) is 3.24. The van der Waals surface area contributed by atoms with Crippen molar-refractivity contribution in [1.82, 2.24) is 10.2 Å². The summed E-state index contributed by atoms with van der Waals surface area (Å²) in [5, 5.41) is 3.00. The Morgan fingerprint density at radius 3 is 2.44 bits per heavy atom. The number of nitrogens with zero attached hydrogens (tertiary/aromatic N) is 1. The lowest BCUT2D eigenvalue weighted by Crippen LogP contribution is -2.49. The predicted octanol–water partition coefficient (Wildman–Crippen LogP) is 1.86. The molecule has 6 heteroatoms. The smallest absolute Gasteiger partial charge is 0.244 e. The second kappa shape index (κ2) is 6.94. The Labute approximate surface area is 148 Å². The molecule has 2 amide bonds. The van der Waals surface area contributed by atoms with Crippen LogP contribution < -0.4 is 14.8 Å².